The monoisotopic (exact) mass is 1050 g/mol. The van der Waals surface area contributed by atoms with Crippen molar-refractivity contribution in [2.24, 2.45) is 0 Å². The molecule has 1 rings (SSSR count). The molecule has 0 aromatic carbocycles. The molecular weight excluding hydrogens is 981 g/mol. The summed E-state index contributed by atoms with van der Waals surface area (Å²) >= 11 is 0. The lowest BCUT2D eigenvalue weighted by Crippen LogP contribution is -2.51. The van der Waals surface area contributed by atoms with Crippen LogP contribution in [0.15, 0.2) is 0 Å². The number of nitrogens with one attached hydrogen (secondary N) is 6. The maximum atomic E-state index is 12.9. The molecule has 1 fully saturated rings. The fraction of sp³-hybridized carbons (Fsp3) is 0.690. The van der Waals surface area contributed by atoms with E-state index in [2.05, 4.69) is 26.6 Å². The van der Waals surface area contributed by atoms with Crippen LogP contribution in [0.5, 0.6) is 0 Å². The van der Waals surface area contributed by atoms with Crippen molar-refractivity contribution in [2.75, 3.05) is 91.6 Å². The Bertz CT molecular complexity index is 1890. The average Bonchev–Trinajstić information content (AvgIpc) is 3.28. The van der Waals surface area contributed by atoms with Gasteiger partial charge in [-0.1, -0.05) is 0 Å². The summed E-state index contributed by atoms with van der Waals surface area (Å²) in [6.45, 7) is 0.333. The van der Waals surface area contributed by atoms with Crippen molar-refractivity contribution in [2.45, 2.75) is 94.8 Å². The lowest BCUT2D eigenvalue weighted by atomic mass is 10.1. The average molecular weight is 1050 g/mol. The molecule has 0 aromatic rings. The highest BCUT2D eigenvalue weighted by Crippen LogP contribution is 2.07. The number of carbonyl (C=O) groups is 13. The van der Waals surface area contributed by atoms with Crippen LogP contribution in [0, 0.1) is 0 Å². The van der Waals surface area contributed by atoms with Crippen LogP contribution in [0.1, 0.15) is 70.6 Å². The van der Waals surface area contributed by atoms with E-state index in [1.165, 1.54) is 0 Å². The number of carbonyl (C=O) groups excluding carboxylic acids is 5. The summed E-state index contributed by atoms with van der Waals surface area (Å²) in [6, 6.07) is -7.32. The van der Waals surface area contributed by atoms with Gasteiger partial charge in [-0.15, -0.1) is 0 Å². The summed E-state index contributed by atoms with van der Waals surface area (Å²) < 4.78 is 0. The van der Waals surface area contributed by atoms with Gasteiger partial charge in [0.15, 0.2) is 0 Å². The van der Waals surface area contributed by atoms with E-state index in [0.29, 0.717) is 0 Å². The summed E-state index contributed by atoms with van der Waals surface area (Å²) in [4.78, 5) is 161. The first-order chi connectivity index (χ1) is 34.3. The van der Waals surface area contributed by atoms with Gasteiger partial charge in [-0.25, -0.2) is 24.0 Å². The van der Waals surface area contributed by atoms with Crippen molar-refractivity contribution in [1.82, 2.24) is 51.5 Å². The molecule has 0 saturated carbocycles. The minimum Gasteiger partial charge on any atom is -0.481 e. The van der Waals surface area contributed by atoms with E-state index in [1.807, 2.05) is 5.32 Å². The summed E-state index contributed by atoms with van der Waals surface area (Å²) in [7, 11) is 0. The van der Waals surface area contributed by atoms with E-state index in [1.54, 1.807) is 19.6 Å². The molecule has 31 heteroatoms. The van der Waals surface area contributed by atoms with Gasteiger partial charge in [0, 0.05) is 91.1 Å². The van der Waals surface area contributed by atoms with E-state index >= 15 is 0 Å². The number of amides is 6. The molecule has 14 N–H and O–H groups in total. The molecule has 31 nitrogen and oxygen atoms in total. The number of carboxylic acid groups (broad SMARTS) is 8. The van der Waals surface area contributed by atoms with Crippen molar-refractivity contribution in [3.05, 3.63) is 0 Å². The predicted octanol–water partition coefficient (Wildman–Crippen LogP) is -4.59. The summed E-state index contributed by atoms with van der Waals surface area (Å²) in [5.74, 6) is -13.3. The minimum atomic E-state index is -1.59. The van der Waals surface area contributed by atoms with Crippen LogP contribution < -0.4 is 31.9 Å². The molecule has 6 amide bonds. The Morgan fingerprint density at radius 3 is 1.05 bits per heavy atom. The standard InChI is InChI=1S/C42H68N10O21/c53-30(43-12-2-1-4-26(38(65)66)47-42(73)48-29(41(71)72)8-11-34(57)58)9-6-27(39(67)68)46-32(55)10-7-28(40(69)70)45-31(54)5-3-13-44-33(56)22-49-14-16-50(23-35(59)60)18-20-52(25-37(63)64)21-19-51(17-15-49)24-36(61)62/h26-29H,1-25H2,(H,43,53)(H,44,56)(H,45,54)(H,46,55)(H,57,58)(H,59,60)(H,61,62)(H,63,64)(H,65,66)(H,67,68)(H,69,70)(H,71,72)(H2,47,48,73). The lowest BCUT2D eigenvalue weighted by molar-refractivity contribution is -0.143. The van der Waals surface area contributed by atoms with Crippen LogP contribution in [0.25, 0.3) is 0 Å². The molecule has 1 aliphatic rings. The number of nitrogens with zero attached hydrogens (tertiary/aromatic N) is 4. The van der Waals surface area contributed by atoms with Crippen LogP contribution in [-0.4, -0.2) is 254 Å². The molecule has 412 valence electrons. The molecule has 73 heavy (non-hydrogen) atoms. The largest absolute Gasteiger partial charge is 0.481 e. The third-order valence-electron chi connectivity index (χ3n) is 11.0. The number of unbranched alkanes of at least 4 members (excludes halogenated alkanes) is 1. The van der Waals surface area contributed by atoms with Crippen LogP contribution in [0.3, 0.4) is 0 Å². The molecular formula is C42H68N10O21. The summed E-state index contributed by atoms with van der Waals surface area (Å²) in [5.41, 5.74) is 0. The van der Waals surface area contributed by atoms with Gasteiger partial charge in [0.25, 0.3) is 0 Å². The Morgan fingerprint density at radius 1 is 0.329 bits per heavy atom. The zero-order valence-electron chi connectivity index (χ0n) is 40.2. The van der Waals surface area contributed by atoms with Gasteiger partial charge in [-0.2, -0.15) is 0 Å². The predicted molar refractivity (Wildman–Crippen MR) is 247 cm³/mol. The molecule has 0 spiro atoms. The first-order valence-corrected chi connectivity index (χ1v) is 23.2. The second kappa shape index (κ2) is 35.0. The highest BCUT2D eigenvalue weighted by molar-refractivity contribution is 5.87. The third-order valence-corrected chi connectivity index (χ3v) is 11.0. The molecule has 4 atom stereocenters. The van der Waals surface area contributed by atoms with Crippen molar-refractivity contribution in [3.8, 4) is 0 Å². The lowest BCUT2D eigenvalue weighted by Gasteiger charge is -2.32. The first-order valence-electron chi connectivity index (χ1n) is 23.2. The number of hydrogen-bond donors (Lipinski definition) is 14. The van der Waals surface area contributed by atoms with Crippen molar-refractivity contribution in [1.29, 1.82) is 0 Å². The van der Waals surface area contributed by atoms with E-state index in [4.69, 9.17) is 5.11 Å². The Hall–Kier alpha value is -7.25. The third kappa shape index (κ3) is 31.0. The number of carboxylic acids is 8. The number of hydrogen-bond acceptors (Lipinski definition) is 17. The van der Waals surface area contributed by atoms with Gasteiger partial charge in [-0.3, -0.25) is 58.0 Å². The topological polar surface area (TPSA) is 469 Å². The van der Waals surface area contributed by atoms with E-state index < -0.39 is 127 Å². The van der Waals surface area contributed by atoms with E-state index in [9.17, 15) is 98.1 Å². The van der Waals surface area contributed by atoms with Crippen molar-refractivity contribution in [3.63, 3.8) is 0 Å². The van der Waals surface area contributed by atoms with Crippen LogP contribution in [0.4, 0.5) is 4.79 Å². The number of rotatable bonds is 34. The SMILES string of the molecule is O=C(O)CCC(NC(=O)NC(CCCCNC(=O)CCC(NC(=O)CCC(NC(=O)CCCNC(=O)CN1CCN(CC(=O)O)CCN(CC(=O)O)CCN(CC(=O)O)CC1)C(=O)O)C(=O)O)C(=O)O)C(=O)O. The maximum absolute atomic E-state index is 12.9. The quantitative estimate of drug-likeness (QED) is 0.0270. The zero-order valence-corrected chi connectivity index (χ0v) is 40.2. The fourth-order valence-electron chi connectivity index (χ4n) is 7.05. The van der Waals surface area contributed by atoms with Gasteiger partial charge in [0.2, 0.25) is 23.6 Å². The van der Waals surface area contributed by atoms with E-state index in [0.717, 1.165) is 0 Å². The highest BCUT2D eigenvalue weighted by Gasteiger charge is 2.27. The van der Waals surface area contributed by atoms with Gasteiger partial charge < -0.3 is 72.8 Å². The molecule has 0 bridgehead atoms. The molecule has 1 saturated heterocycles. The molecule has 0 aliphatic carbocycles. The minimum absolute atomic E-state index is 0.00417. The summed E-state index contributed by atoms with van der Waals surface area (Å²) in [5, 5.41) is 88.5. The smallest absolute Gasteiger partial charge is 0.326 e. The normalized spacial score (nSPS) is 15.8. The second-order valence-corrected chi connectivity index (χ2v) is 16.9. The Balaban J connectivity index is 2.58. The Labute approximate surface area is 417 Å². The van der Waals surface area contributed by atoms with Gasteiger partial charge >= 0.3 is 53.8 Å². The summed E-state index contributed by atoms with van der Waals surface area (Å²) in [6.07, 6.45) is -2.74. The maximum Gasteiger partial charge on any atom is 0.326 e. The Morgan fingerprint density at radius 2 is 0.658 bits per heavy atom. The fourth-order valence-corrected chi connectivity index (χ4v) is 7.05. The first kappa shape index (κ1) is 63.8. The van der Waals surface area contributed by atoms with Crippen molar-refractivity contribution >= 4 is 77.4 Å². The van der Waals surface area contributed by atoms with E-state index in [-0.39, 0.29) is 137 Å². The second-order valence-electron chi connectivity index (χ2n) is 16.9. The Kier molecular flexibility index (Phi) is 30.5. The van der Waals surface area contributed by atoms with Gasteiger partial charge in [0.1, 0.15) is 24.2 Å². The van der Waals surface area contributed by atoms with Gasteiger partial charge in [-0.05, 0) is 44.9 Å². The van der Waals surface area contributed by atoms with Gasteiger partial charge in [0.05, 0.1) is 26.2 Å². The molecule has 0 radical (unpaired) electrons. The zero-order chi connectivity index (χ0) is 55.0. The number of aliphatic carboxylic acids is 8. The molecule has 4 unspecified atom stereocenters. The highest BCUT2D eigenvalue weighted by atomic mass is 16.4. The molecule has 1 aliphatic heterocycles. The molecule has 0 aromatic heterocycles. The van der Waals surface area contributed by atoms with Crippen LogP contribution in [0.2, 0.25) is 0 Å². The number of urea groups is 1. The van der Waals surface area contributed by atoms with Crippen molar-refractivity contribution < 1.29 is 103 Å². The van der Waals surface area contributed by atoms with Crippen LogP contribution >= 0.6 is 0 Å². The molecule has 1 heterocycles. The van der Waals surface area contributed by atoms with Crippen LogP contribution in [-0.2, 0) is 57.5 Å².